The Kier molecular flexibility index (Phi) is 3.54. The normalized spacial score (nSPS) is 10.8. The molecule has 1 aromatic heterocycles. The molecule has 0 bridgehead atoms. The molecule has 0 unspecified atom stereocenters. The first-order valence-electron chi connectivity index (χ1n) is 6.68. The summed E-state index contributed by atoms with van der Waals surface area (Å²) in [4.78, 5) is 6.47. The summed E-state index contributed by atoms with van der Waals surface area (Å²) in [5.74, 6) is 0.444. The highest BCUT2D eigenvalue weighted by atomic mass is 19.1. The second-order valence-electron chi connectivity index (χ2n) is 4.85. The predicted octanol–water partition coefficient (Wildman–Crippen LogP) is 3.63. The highest BCUT2D eigenvalue weighted by molar-refractivity contribution is 5.84. The number of halogens is 1. The van der Waals surface area contributed by atoms with Crippen molar-refractivity contribution >= 4 is 22.4 Å². The monoisotopic (exact) mass is 282 g/mol. The first kappa shape index (κ1) is 13.5. The van der Waals surface area contributed by atoms with Gasteiger partial charge in [-0.15, -0.1) is 0 Å². The van der Waals surface area contributed by atoms with Crippen molar-refractivity contribution in [1.82, 2.24) is 4.98 Å². The minimum Gasteiger partial charge on any atom is -0.392 e. The number of benzene rings is 2. The SMILES string of the molecule is CN(c1ccc(F)cc1)c1cc(CO)c2ccccc2n1. The van der Waals surface area contributed by atoms with Gasteiger partial charge in [0.1, 0.15) is 11.6 Å². The Bertz CT molecular complexity index is 771. The molecule has 4 heteroatoms. The van der Waals surface area contributed by atoms with Crippen LogP contribution in [0.15, 0.2) is 54.6 Å². The number of aliphatic hydroxyl groups is 1. The van der Waals surface area contributed by atoms with E-state index in [1.54, 1.807) is 12.1 Å². The summed E-state index contributed by atoms with van der Waals surface area (Å²) >= 11 is 0. The molecule has 1 N–H and O–H groups in total. The smallest absolute Gasteiger partial charge is 0.133 e. The van der Waals surface area contributed by atoms with E-state index in [9.17, 15) is 9.50 Å². The Labute approximate surface area is 122 Å². The fourth-order valence-electron chi connectivity index (χ4n) is 2.33. The maximum atomic E-state index is 13.0. The van der Waals surface area contributed by atoms with E-state index in [1.807, 2.05) is 42.3 Å². The van der Waals surface area contributed by atoms with Crippen LogP contribution in [-0.2, 0) is 6.61 Å². The third-order valence-electron chi connectivity index (χ3n) is 3.52. The Hall–Kier alpha value is -2.46. The third kappa shape index (κ3) is 2.58. The molecule has 0 fully saturated rings. The van der Waals surface area contributed by atoms with Gasteiger partial charge in [-0.3, -0.25) is 0 Å². The van der Waals surface area contributed by atoms with Crippen molar-refractivity contribution < 1.29 is 9.50 Å². The van der Waals surface area contributed by atoms with E-state index in [0.29, 0.717) is 5.82 Å². The largest absolute Gasteiger partial charge is 0.392 e. The number of anilines is 2. The molecule has 1 heterocycles. The molecule has 3 rings (SSSR count). The van der Waals surface area contributed by atoms with E-state index >= 15 is 0 Å². The van der Waals surface area contributed by atoms with Crippen molar-refractivity contribution in [3.8, 4) is 0 Å². The molecule has 0 saturated heterocycles. The highest BCUT2D eigenvalue weighted by Gasteiger charge is 2.10. The molecule has 0 radical (unpaired) electrons. The average molecular weight is 282 g/mol. The molecular formula is C17H15FN2O. The quantitative estimate of drug-likeness (QED) is 0.797. The van der Waals surface area contributed by atoms with Crippen LogP contribution in [0.3, 0.4) is 0 Å². The van der Waals surface area contributed by atoms with Crippen LogP contribution in [0.1, 0.15) is 5.56 Å². The fourth-order valence-corrected chi connectivity index (χ4v) is 2.33. The Morgan fingerprint density at radius 2 is 1.81 bits per heavy atom. The summed E-state index contributed by atoms with van der Waals surface area (Å²) in [6.45, 7) is -0.0483. The van der Waals surface area contributed by atoms with Gasteiger partial charge in [-0.05, 0) is 42.0 Å². The highest BCUT2D eigenvalue weighted by Crippen LogP contribution is 2.27. The fraction of sp³-hybridized carbons (Fsp3) is 0.118. The standard InChI is InChI=1S/C17H15FN2O/c1-20(14-8-6-13(18)7-9-14)17-10-12(11-21)15-4-2-3-5-16(15)19-17/h2-10,21H,11H2,1H3. The minimum atomic E-state index is -0.269. The van der Waals surface area contributed by atoms with Crippen LogP contribution in [0.25, 0.3) is 10.9 Å². The zero-order valence-electron chi connectivity index (χ0n) is 11.6. The van der Waals surface area contributed by atoms with Gasteiger partial charge in [0.05, 0.1) is 12.1 Å². The molecule has 0 spiro atoms. The summed E-state index contributed by atoms with van der Waals surface area (Å²) < 4.78 is 13.0. The van der Waals surface area contributed by atoms with Crippen LogP contribution in [0.4, 0.5) is 15.9 Å². The van der Waals surface area contributed by atoms with Crippen molar-refractivity contribution in [2.24, 2.45) is 0 Å². The lowest BCUT2D eigenvalue weighted by Crippen LogP contribution is -2.12. The van der Waals surface area contributed by atoms with E-state index < -0.39 is 0 Å². The van der Waals surface area contributed by atoms with Crippen LogP contribution >= 0.6 is 0 Å². The van der Waals surface area contributed by atoms with Crippen LogP contribution in [-0.4, -0.2) is 17.1 Å². The molecule has 0 saturated carbocycles. The number of hydrogen-bond donors (Lipinski definition) is 1. The maximum absolute atomic E-state index is 13.0. The first-order chi connectivity index (χ1) is 10.2. The number of nitrogens with zero attached hydrogens (tertiary/aromatic N) is 2. The van der Waals surface area contributed by atoms with Crippen LogP contribution < -0.4 is 4.90 Å². The van der Waals surface area contributed by atoms with Crippen molar-refractivity contribution in [3.63, 3.8) is 0 Å². The van der Waals surface area contributed by atoms with E-state index in [4.69, 9.17) is 0 Å². The number of aromatic nitrogens is 1. The zero-order chi connectivity index (χ0) is 14.8. The van der Waals surface area contributed by atoms with Crippen LogP contribution in [0.2, 0.25) is 0 Å². The molecule has 2 aromatic carbocycles. The molecule has 3 aromatic rings. The van der Waals surface area contributed by atoms with Gasteiger partial charge in [0, 0.05) is 18.1 Å². The van der Waals surface area contributed by atoms with Crippen molar-refractivity contribution in [1.29, 1.82) is 0 Å². The van der Waals surface area contributed by atoms with Gasteiger partial charge < -0.3 is 10.0 Å². The Morgan fingerprint density at radius 3 is 2.52 bits per heavy atom. The van der Waals surface area contributed by atoms with Gasteiger partial charge in [-0.2, -0.15) is 0 Å². The van der Waals surface area contributed by atoms with Gasteiger partial charge in [-0.1, -0.05) is 18.2 Å². The van der Waals surface area contributed by atoms with Crippen molar-refractivity contribution in [2.75, 3.05) is 11.9 Å². The second kappa shape index (κ2) is 5.50. The van der Waals surface area contributed by atoms with E-state index in [2.05, 4.69) is 4.98 Å². The summed E-state index contributed by atoms with van der Waals surface area (Å²) in [5, 5.41) is 10.5. The van der Waals surface area contributed by atoms with Gasteiger partial charge in [-0.25, -0.2) is 9.37 Å². The topological polar surface area (TPSA) is 36.4 Å². The maximum Gasteiger partial charge on any atom is 0.133 e. The Morgan fingerprint density at radius 1 is 1.10 bits per heavy atom. The number of fused-ring (bicyclic) bond motifs is 1. The number of rotatable bonds is 3. The summed E-state index contributed by atoms with van der Waals surface area (Å²) in [5.41, 5.74) is 2.49. The van der Waals surface area contributed by atoms with Crippen molar-refractivity contribution in [2.45, 2.75) is 6.61 Å². The summed E-state index contributed by atoms with van der Waals surface area (Å²) in [6.07, 6.45) is 0. The van der Waals surface area contributed by atoms with Crippen molar-refractivity contribution in [3.05, 3.63) is 66.0 Å². The molecule has 0 amide bonds. The molecule has 0 aliphatic rings. The van der Waals surface area contributed by atoms with E-state index in [1.165, 1.54) is 12.1 Å². The third-order valence-corrected chi connectivity index (χ3v) is 3.52. The lowest BCUT2D eigenvalue weighted by Gasteiger charge is -2.20. The second-order valence-corrected chi connectivity index (χ2v) is 4.85. The molecule has 106 valence electrons. The van der Waals surface area contributed by atoms with E-state index in [-0.39, 0.29) is 12.4 Å². The lowest BCUT2D eigenvalue weighted by atomic mass is 10.1. The minimum absolute atomic E-state index is 0.0483. The molecular weight excluding hydrogens is 267 g/mol. The number of hydrogen-bond acceptors (Lipinski definition) is 3. The lowest BCUT2D eigenvalue weighted by molar-refractivity contribution is 0.283. The molecule has 0 atom stereocenters. The van der Waals surface area contributed by atoms with Gasteiger partial charge in [0.2, 0.25) is 0 Å². The predicted molar refractivity (Wildman–Crippen MR) is 82.1 cm³/mol. The molecule has 3 nitrogen and oxygen atoms in total. The van der Waals surface area contributed by atoms with Crippen LogP contribution in [0.5, 0.6) is 0 Å². The first-order valence-corrected chi connectivity index (χ1v) is 6.68. The van der Waals surface area contributed by atoms with Gasteiger partial charge in [0.15, 0.2) is 0 Å². The van der Waals surface area contributed by atoms with Gasteiger partial charge >= 0.3 is 0 Å². The average Bonchev–Trinajstić information content (AvgIpc) is 2.53. The summed E-state index contributed by atoms with van der Waals surface area (Å²) in [7, 11) is 1.87. The van der Waals surface area contributed by atoms with E-state index in [0.717, 1.165) is 22.2 Å². The Balaban J connectivity index is 2.09. The van der Waals surface area contributed by atoms with Crippen LogP contribution in [0, 0.1) is 5.82 Å². The van der Waals surface area contributed by atoms with Gasteiger partial charge in [0.25, 0.3) is 0 Å². The molecule has 0 aliphatic carbocycles. The number of para-hydroxylation sites is 1. The molecule has 21 heavy (non-hydrogen) atoms. The number of aliphatic hydroxyl groups excluding tert-OH is 1. The summed E-state index contributed by atoms with van der Waals surface area (Å²) in [6, 6.07) is 15.8. The molecule has 0 aliphatic heterocycles. The zero-order valence-corrected chi connectivity index (χ0v) is 11.6. The number of pyridine rings is 1.